The lowest BCUT2D eigenvalue weighted by Crippen LogP contribution is -2.50. The van der Waals surface area contributed by atoms with Crippen molar-refractivity contribution in [2.75, 3.05) is 19.8 Å². The monoisotopic (exact) mass is 271 g/mol. The molecule has 0 aliphatic carbocycles. The van der Waals surface area contributed by atoms with Crippen molar-refractivity contribution >= 4 is 5.91 Å². The van der Waals surface area contributed by atoms with Crippen molar-refractivity contribution in [3.8, 4) is 0 Å². The second kappa shape index (κ2) is 7.25. The Morgan fingerprint density at radius 3 is 2.42 bits per heavy atom. The highest BCUT2D eigenvalue weighted by molar-refractivity contribution is 5.81. The highest BCUT2D eigenvalue weighted by Gasteiger charge is 2.30. The fourth-order valence-corrected chi connectivity index (χ4v) is 2.13. The van der Waals surface area contributed by atoms with Crippen molar-refractivity contribution in [2.24, 2.45) is 11.3 Å². The molecule has 0 spiro atoms. The Morgan fingerprint density at radius 1 is 1.26 bits per heavy atom. The smallest absolute Gasteiger partial charge is 0.251 e. The number of amides is 1. The zero-order chi connectivity index (χ0) is 14.5. The molecule has 1 aliphatic heterocycles. The van der Waals surface area contributed by atoms with E-state index in [2.05, 4.69) is 39.9 Å². The highest BCUT2D eigenvalue weighted by Crippen LogP contribution is 2.24. The molecule has 1 fully saturated rings. The zero-order valence-electron chi connectivity index (χ0n) is 13.0. The maximum atomic E-state index is 12.2. The zero-order valence-corrected chi connectivity index (χ0v) is 13.0. The number of nitrogens with one attached hydrogen (secondary N) is 1. The minimum atomic E-state index is -0.447. The van der Waals surface area contributed by atoms with Crippen molar-refractivity contribution in [1.29, 1.82) is 0 Å². The van der Waals surface area contributed by atoms with E-state index < -0.39 is 6.10 Å². The Morgan fingerprint density at radius 2 is 1.95 bits per heavy atom. The molecule has 0 bridgehead atoms. The lowest BCUT2D eigenvalue weighted by molar-refractivity contribution is -0.149. The first-order valence-electron chi connectivity index (χ1n) is 7.30. The molecule has 1 rings (SSSR count). The number of carbonyl (C=O) groups excluding carboxylic acids is 1. The van der Waals surface area contributed by atoms with Gasteiger partial charge in [-0.3, -0.25) is 4.79 Å². The van der Waals surface area contributed by atoms with Crippen LogP contribution in [0.15, 0.2) is 0 Å². The van der Waals surface area contributed by atoms with Crippen LogP contribution in [0.5, 0.6) is 0 Å². The molecule has 1 saturated heterocycles. The first kappa shape index (κ1) is 16.4. The third-order valence-electron chi connectivity index (χ3n) is 3.50. The predicted molar refractivity (Wildman–Crippen MR) is 76.0 cm³/mol. The van der Waals surface area contributed by atoms with Gasteiger partial charge in [0.15, 0.2) is 6.10 Å². The molecule has 112 valence electrons. The Labute approximate surface area is 117 Å². The summed E-state index contributed by atoms with van der Waals surface area (Å²) >= 11 is 0. The van der Waals surface area contributed by atoms with Crippen LogP contribution in [0.25, 0.3) is 0 Å². The summed E-state index contributed by atoms with van der Waals surface area (Å²) in [5, 5.41) is 3.14. The molecule has 1 amide bonds. The second-order valence-corrected chi connectivity index (χ2v) is 6.83. The van der Waals surface area contributed by atoms with Crippen LogP contribution in [-0.2, 0) is 14.3 Å². The summed E-state index contributed by atoms with van der Waals surface area (Å²) in [5.41, 5.74) is 0.0556. The van der Waals surface area contributed by atoms with Gasteiger partial charge in [0.25, 0.3) is 5.91 Å². The summed E-state index contributed by atoms with van der Waals surface area (Å²) in [6.07, 6.45) is 1.67. The lowest BCUT2D eigenvalue weighted by Gasteiger charge is -2.34. The van der Waals surface area contributed by atoms with Gasteiger partial charge in [-0.25, -0.2) is 0 Å². The van der Waals surface area contributed by atoms with Crippen molar-refractivity contribution in [3.05, 3.63) is 0 Å². The van der Waals surface area contributed by atoms with Crippen LogP contribution < -0.4 is 5.32 Å². The van der Waals surface area contributed by atoms with E-state index in [0.29, 0.717) is 25.7 Å². The minimum absolute atomic E-state index is 0.0385. The van der Waals surface area contributed by atoms with Gasteiger partial charge in [0, 0.05) is 6.04 Å². The van der Waals surface area contributed by atoms with Gasteiger partial charge in [0.1, 0.15) is 0 Å². The fraction of sp³-hybridized carbons (Fsp3) is 0.933. The van der Waals surface area contributed by atoms with Gasteiger partial charge in [-0.05, 0) is 24.2 Å². The van der Waals surface area contributed by atoms with E-state index in [-0.39, 0.29) is 17.4 Å². The molecule has 19 heavy (non-hydrogen) atoms. The van der Waals surface area contributed by atoms with Gasteiger partial charge >= 0.3 is 0 Å². The van der Waals surface area contributed by atoms with E-state index in [0.717, 1.165) is 12.8 Å². The fourth-order valence-electron chi connectivity index (χ4n) is 2.13. The number of hydrogen-bond donors (Lipinski definition) is 1. The van der Waals surface area contributed by atoms with E-state index >= 15 is 0 Å². The normalized spacial score (nSPS) is 22.3. The van der Waals surface area contributed by atoms with Crippen LogP contribution >= 0.6 is 0 Å². The molecular weight excluding hydrogens is 242 g/mol. The molecule has 4 nitrogen and oxygen atoms in total. The van der Waals surface area contributed by atoms with Gasteiger partial charge in [0.2, 0.25) is 0 Å². The van der Waals surface area contributed by atoms with Crippen molar-refractivity contribution in [1.82, 2.24) is 5.32 Å². The number of ether oxygens (including phenoxy) is 2. The molecule has 1 N–H and O–H groups in total. The van der Waals surface area contributed by atoms with Crippen LogP contribution in [0.4, 0.5) is 0 Å². The van der Waals surface area contributed by atoms with E-state index in [1.165, 1.54) is 0 Å². The third kappa shape index (κ3) is 5.91. The standard InChI is InChI=1S/C15H29NO3/c1-11(2)6-7-13(15(3,4)5)16-14(17)12-10-18-8-9-19-12/h11-13H,6-10H2,1-5H3,(H,16,17). The lowest BCUT2D eigenvalue weighted by atomic mass is 9.82. The van der Waals surface area contributed by atoms with Crippen molar-refractivity contribution in [2.45, 2.75) is 59.6 Å². The summed E-state index contributed by atoms with van der Waals surface area (Å²) in [7, 11) is 0. The maximum absolute atomic E-state index is 12.2. The molecule has 0 saturated carbocycles. The number of carbonyl (C=O) groups is 1. The van der Waals surface area contributed by atoms with Gasteiger partial charge in [-0.2, -0.15) is 0 Å². The maximum Gasteiger partial charge on any atom is 0.251 e. The SMILES string of the molecule is CC(C)CCC(NC(=O)C1COCCO1)C(C)(C)C. The summed E-state index contributed by atoms with van der Waals surface area (Å²) in [4.78, 5) is 12.2. The molecule has 0 aromatic rings. The Kier molecular flexibility index (Phi) is 6.27. The second-order valence-electron chi connectivity index (χ2n) is 6.83. The van der Waals surface area contributed by atoms with Crippen LogP contribution in [0.3, 0.4) is 0 Å². The number of hydrogen-bond acceptors (Lipinski definition) is 3. The molecule has 0 aromatic carbocycles. The minimum Gasteiger partial charge on any atom is -0.376 e. The largest absolute Gasteiger partial charge is 0.376 e. The summed E-state index contributed by atoms with van der Waals surface area (Å²) < 4.78 is 10.7. The molecule has 1 aliphatic rings. The van der Waals surface area contributed by atoms with Crippen LogP contribution in [-0.4, -0.2) is 37.9 Å². The Hall–Kier alpha value is -0.610. The molecule has 4 heteroatoms. The Bertz CT molecular complexity index is 278. The summed E-state index contributed by atoms with van der Waals surface area (Å²) in [6.45, 7) is 12.4. The predicted octanol–water partition coefficient (Wildman–Crippen LogP) is 2.37. The average Bonchev–Trinajstić information content (AvgIpc) is 2.33. The van der Waals surface area contributed by atoms with Crippen molar-refractivity contribution in [3.63, 3.8) is 0 Å². The van der Waals surface area contributed by atoms with Gasteiger partial charge in [-0.1, -0.05) is 34.6 Å². The summed E-state index contributed by atoms with van der Waals surface area (Å²) in [5.74, 6) is 0.611. The average molecular weight is 271 g/mol. The summed E-state index contributed by atoms with van der Waals surface area (Å²) in [6, 6.07) is 0.174. The molecule has 2 unspecified atom stereocenters. The van der Waals surface area contributed by atoms with E-state index in [1.54, 1.807) is 0 Å². The highest BCUT2D eigenvalue weighted by atomic mass is 16.6. The first-order chi connectivity index (χ1) is 8.80. The van der Waals surface area contributed by atoms with Crippen molar-refractivity contribution < 1.29 is 14.3 Å². The molecule has 0 aromatic heterocycles. The van der Waals surface area contributed by atoms with Crippen LogP contribution in [0.1, 0.15) is 47.5 Å². The Balaban J connectivity index is 2.53. The quantitative estimate of drug-likeness (QED) is 0.835. The first-order valence-corrected chi connectivity index (χ1v) is 7.30. The van der Waals surface area contributed by atoms with Gasteiger partial charge in [-0.15, -0.1) is 0 Å². The van der Waals surface area contributed by atoms with Crippen LogP contribution in [0.2, 0.25) is 0 Å². The molecule has 1 heterocycles. The third-order valence-corrected chi connectivity index (χ3v) is 3.50. The topological polar surface area (TPSA) is 47.6 Å². The van der Waals surface area contributed by atoms with E-state index in [9.17, 15) is 4.79 Å². The van der Waals surface area contributed by atoms with Gasteiger partial charge < -0.3 is 14.8 Å². The van der Waals surface area contributed by atoms with E-state index in [1.807, 2.05) is 0 Å². The molecule has 0 radical (unpaired) electrons. The van der Waals surface area contributed by atoms with Crippen LogP contribution in [0, 0.1) is 11.3 Å². The number of rotatable bonds is 5. The van der Waals surface area contributed by atoms with Gasteiger partial charge in [0.05, 0.1) is 19.8 Å². The van der Waals surface area contributed by atoms with E-state index in [4.69, 9.17) is 9.47 Å². The molecule has 2 atom stereocenters. The molecular formula is C15H29NO3.